The molecule has 21 heavy (non-hydrogen) atoms. The van der Waals surface area contributed by atoms with E-state index in [0.29, 0.717) is 6.04 Å². The molecule has 1 aromatic rings. The number of aromatic nitrogens is 2. The van der Waals surface area contributed by atoms with E-state index in [-0.39, 0.29) is 0 Å². The molecule has 0 saturated heterocycles. The minimum absolute atomic E-state index is 0.589. The van der Waals surface area contributed by atoms with Gasteiger partial charge in [0, 0.05) is 32.9 Å². The summed E-state index contributed by atoms with van der Waals surface area (Å²) in [5.41, 5.74) is 1.29. The second-order valence-electron chi connectivity index (χ2n) is 6.23. The van der Waals surface area contributed by atoms with Crippen molar-refractivity contribution >= 4 is 5.96 Å². The van der Waals surface area contributed by atoms with Crippen molar-refractivity contribution < 1.29 is 0 Å². The lowest BCUT2D eigenvalue weighted by Crippen LogP contribution is -2.45. The molecule has 5 heteroatoms. The van der Waals surface area contributed by atoms with E-state index in [9.17, 15) is 0 Å². The molecule has 5 nitrogen and oxygen atoms in total. The van der Waals surface area contributed by atoms with Gasteiger partial charge in [-0.1, -0.05) is 6.92 Å². The van der Waals surface area contributed by atoms with Crippen molar-refractivity contribution in [2.45, 2.75) is 51.5 Å². The van der Waals surface area contributed by atoms with Crippen LogP contribution in [0.2, 0.25) is 0 Å². The van der Waals surface area contributed by atoms with Crippen LogP contribution in [-0.2, 0) is 13.5 Å². The predicted molar refractivity (Wildman–Crippen MR) is 87.4 cm³/mol. The number of nitrogens with one attached hydrogen (secondary N) is 2. The Kier molecular flexibility index (Phi) is 6.08. The second kappa shape index (κ2) is 8.05. The number of aliphatic imine (C=N–C) groups is 1. The van der Waals surface area contributed by atoms with Crippen molar-refractivity contribution in [2.75, 3.05) is 13.6 Å². The van der Waals surface area contributed by atoms with Gasteiger partial charge in [0.1, 0.15) is 0 Å². The number of nitrogens with zero attached hydrogens (tertiary/aromatic N) is 3. The predicted octanol–water partition coefficient (Wildman–Crippen LogP) is 2.10. The minimum Gasteiger partial charge on any atom is -0.356 e. The minimum atomic E-state index is 0.589. The number of hydrogen-bond acceptors (Lipinski definition) is 2. The molecule has 0 bridgehead atoms. The highest BCUT2D eigenvalue weighted by atomic mass is 15.2. The van der Waals surface area contributed by atoms with Gasteiger partial charge in [-0.05, 0) is 50.0 Å². The SMILES string of the molecule is CN=C(NCCCc1cnn(C)c1)NC1CCC(C)CC1. The summed E-state index contributed by atoms with van der Waals surface area (Å²) >= 11 is 0. The Morgan fingerprint density at radius 1 is 1.38 bits per heavy atom. The monoisotopic (exact) mass is 291 g/mol. The molecule has 1 aromatic heterocycles. The Morgan fingerprint density at radius 3 is 2.76 bits per heavy atom. The zero-order valence-electron chi connectivity index (χ0n) is 13.6. The van der Waals surface area contributed by atoms with Gasteiger partial charge in [0.05, 0.1) is 6.20 Å². The van der Waals surface area contributed by atoms with Crippen LogP contribution in [0.25, 0.3) is 0 Å². The second-order valence-corrected chi connectivity index (χ2v) is 6.23. The first-order chi connectivity index (χ1) is 10.2. The molecule has 0 unspecified atom stereocenters. The largest absolute Gasteiger partial charge is 0.356 e. The average Bonchev–Trinajstić information content (AvgIpc) is 2.90. The van der Waals surface area contributed by atoms with Gasteiger partial charge >= 0.3 is 0 Å². The molecule has 1 fully saturated rings. The molecule has 2 rings (SSSR count). The van der Waals surface area contributed by atoms with E-state index in [1.807, 2.05) is 25.0 Å². The van der Waals surface area contributed by atoms with Crippen molar-refractivity contribution in [1.29, 1.82) is 0 Å². The zero-order valence-corrected chi connectivity index (χ0v) is 13.6. The molecule has 1 saturated carbocycles. The van der Waals surface area contributed by atoms with Crippen LogP contribution >= 0.6 is 0 Å². The molecule has 1 aliphatic rings. The van der Waals surface area contributed by atoms with Gasteiger partial charge in [-0.3, -0.25) is 9.67 Å². The Hall–Kier alpha value is -1.52. The van der Waals surface area contributed by atoms with Crippen molar-refractivity contribution in [3.63, 3.8) is 0 Å². The summed E-state index contributed by atoms with van der Waals surface area (Å²) in [6, 6.07) is 0.589. The molecule has 118 valence electrons. The van der Waals surface area contributed by atoms with Gasteiger partial charge in [-0.2, -0.15) is 5.10 Å². The van der Waals surface area contributed by atoms with Gasteiger partial charge in [0.2, 0.25) is 0 Å². The van der Waals surface area contributed by atoms with Gasteiger partial charge in [-0.15, -0.1) is 0 Å². The molecular formula is C16H29N5. The average molecular weight is 291 g/mol. The van der Waals surface area contributed by atoms with Crippen LogP contribution in [0.15, 0.2) is 17.4 Å². The number of rotatable bonds is 5. The maximum absolute atomic E-state index is 4.33. The van der Waals surface area contributed by atoms with Crippen molar-refractivity contribution in [3.05, 3.63) is 18.0 Å². The third-order valence-electron chi connectivity index (χ3n) is 4.27. The van der Waals surface area contributed by atoms with E-state index < -0.39 is 0 Å². The highest BCUT2D eigenvalue weighted by Gasteiger charge is 2.18. The summed E-state index contributed by atoms with van der Waals surface area (Å²) in [4.78, 5) is 4.33. The maximum atomic E-state index is 4.33. The van der Waals surface area contributed by atoms with Crippen LogP contribution in [-0.4, -0.2) is 35.4 Å². The Balaban J connectivity index is 1.63. The van der Waals surface area contributed by atoms with E-state index in [1.54, 1.807) is 0 Å². The standard InChI is InChI=1S/C16H29N5/c1-13-6-8-15(9-7-13)20-16(17-2)18-10-4-5-14-11-19-21(3)12-14/h11-13,15H,4-10H2,1-3H3,(H2,17,18,20). The molecule has 0 aliphatic heterocycles. The summed E-state index contributed by atoms with van der Waals surface area (Å²) in [5, 5.41) is 11.2. The molecule has 0 aromatic carbocycles. The molecule has 1 aliphatic carbocycles. The number of hydrogen-bond donors (Lipinski definition) is 2. The third kappa shape index (κ3) is 5.40. The van der Waals surface area contributed by atoms with Crippen molar-refractivity contribution in [2.24, 2.45) is 18.0 Å². The van der Waals surface area contributed by atoms with Crippen LogP contribution in [0.5, 0.6) is 0 Å². The third-order valence-corrected chi connectivity index (χ3v) is 4.27. The Morgan fingerprint density at radius 2 is 2.14 bits per heavy atom. The van der Waals surface area contributed by atoms with Gasteiger partial charge < -0.3 is 10.6 Å². The number of guanidine groups is 1. The molecule has 2 N–H and O–H groups in total. The lowest BCUT2D eigenvalue weighted by Gasteiger charge is -2.28. The molecule has 0 spiro atoms. The first kappa shape index (κ1) is 15.9. The van der Waals surface area contributed by atoms with Crippen LogP contribution in [0.1, 0.15) is 44.6 Å². The summed E-state index contributed by atoms with van der Waals surface area (Å²) < 4.78 is 1.85. The first-order valence-corrected chi connectivity index (χ1v) is 8.12. The first-order valence-electron chi connectivity index (χ1n) is 8.12. The van der Waals surface area contributed by atoms with Gasteiger partial charge in [0.15, 0.2) is 5.96 Å². The van der Waals surface area contributed by atoms with Crippen LogP contribution in [0, 0.1) is 5.92 Å². The fourth-order valence-corrected chi connectivity index (χ4v) is 2.89. The fourth-order valence-electron chi connectivity index (χ4n) is 2.89. The number of aryl methyl sites for hydroxylation is 2. The molecule has 0 atom stereocenters. The van der Waals surface area contributed by atoms with Crippen LogP contribution in [0.4, 0.5) is 0 Å². The van der Waals surface area contributed by atoms with E-state index in [2.05, 4.69) is 33.8 Å². The van der Waals surface area contributed by atoms with Gasteiger partial charge in [-0.25, -0.2) is 0 Å². The van der Waals surface area contributed by atoms with Crippen LogP contribution in [0.3, 0.4) is 0 Å². The summed E-state index contributed by atoms with van der Waals surface area (Å²) in [6.07, 6.45) is 11.3. The highest BCUT2D eigenvalue weighted by molar-refractivity contribution is 5.79. The lowest BCUT2D eigenvalue weighted by molar-refractivity contribution is 0.329. The smallest absolute Gasteiger partial charge is 0.191 e. The van der Waals surface area contributed by atoms with E-state index in [1.165, 1.54) is 31.2 Å². The topological polar surface area (TPSA) is 54.2 Å². The molecule has 0 radical (unpaired) electrons. The van der Waals surface area contributed by atoms with E-state index in [4.69, 9.17) is 0 Å². The zero-order chi connectivity index (χ0) is 15.1. The maximum Gasteiger partial charge on any atom is 0.191 e. The highest BCUT2D eigenvalue weighted by Crippen LogP contribution is 2.23. The molecule has 0 amide bonds. The Labute approximate surface area is 128 Å². The summed E-state index contributed by atoms with van der Waals surface area (Å²) in [6.45, 7) is 3.29. The van der Waals surface area contributed by atoms with Crippen LogP contribution < -0.4 is 10.6 Å². The summed E-state index contributed by atoms with van der Waals surface area (Å²) in [5.74, 6) is 1.83. The fraction of sp³-hybridized carbons (Fsp3) is 0.750. The molecule has 1 heterocycles. The summed E-state index contributed by atoms with van der Waals surface area (Å²) in [7, 11) is 3.81. The molecular weight excluding hydrogens is 262 g/mol. The van der Waals surface area contributed by atoms with Gasteiger partial charge in [0.25, 0.3) is 0 Å². The Bertz CT molecular complexity index is 443. The normalized spacial score (nSPS) is 23.1. The van der Waals surface area contributed by atoms with E-state index >= 15 is 0 Å². The van der Waals surface area contributed by atoms with Crippen molar-refractivity contribution in [3.8, 4) is 0 Å². The lowest BCUT2D eigenvalue weighted by atomic mass is 9.87. The van der Waals surface area contributed by atoms with E-state index in [0.717, 1.165) is 31.3 Å². The van der Waals surface area contributed by atoms with Crippen molar-refractivity contribution in [1.82, 2.24) is 20.4 Å². The quantitative estimate of drug-likeness (QED) is 0.496.